The zero-order valence-electron chi connectivity index (χ0n) is 16.0. The normalized spacial score (nSPS) is 10.6. The van der Waals surface area contributed by atoms with Crippen LogP contribution in [-0.2, 0) is 4.74 Å². The summed E-state index contributed by atoms with van der Waals surface area (Å²) in [6, 6.07) is 17.7. The minimum absolute atomic E-state index is 0.220. The van der Waals surface area contributed by atoms with E-state index < -0.39 is 17.8 Å². The number of esters is 2. The number of allylic oxidation sites excluding steroid dienone is 1. The Bertz CT molecular complexity index is 1080. The fourth-order valence-electron chi connectivity index (χ4n) is 2.56. The second-order valence-corrected chi connectivity index (χ2v) is 6.23. The third kappa shape index (κ3) is 5.26. The lowest BCUT2D eigenvalue weighted by Crippen LogP contribution is -2.08. The van der Waals surface area contributed by atoms with Crippen molar-refractivity contribution in [3.05, 3.63) is 107 Å². The number of rotatable bonds is 6. The summed E-state index contributed by atoms with van der Waals surface area (Å²) >= 11 is 0. The Balaban J connectivity index is 1.61. The zero-order valence-corrected chi connectivity index (χ0v) is 16.0. The molecular formula is C24H17FO5. The second-order valence-electron chi connectivity index (χ2n) is 6.23. The average molecular weight is 404 g/mol. The Labute approximate surface area is 172 Å². The van der Waals surface area contributed by atoms with Crippen LogP contribution in [0.25, 0.3) is 6.08 Å². The molecule has 6 heteroatoms. The molecule has 3 aromatic carbocycles. The van der Waals surface area contributed by atoms with Crippen molar-refractivity contribution in [1.29, 1.82) is 0 Å². The second kappa shape index (κ2) is 9.43. The largest absolute Gasteiger partial charge is 0.465 e. The molecule has 30 heavy (non-hydrogen) atoms. The molecule has 0 aromatic heterocycles. The average Bonchev–Trinajstić information content (AvgIpc) is 2.78. The van der Waals surface area contributed by atoms with Crippen molar-refractivity contribution in [2.75, 3.05) is 7.11 Å². The van der Waals surface area contributed by atoms with E-state index >= 15 is 0 Å². The van der Waals surface area contributed by atoms with Crippen LogP contribution in [0.5, 0.6) is 5.75 Å². The van der Waals surface area contributed by atoms with Gasteiger partial charge in [0.05, 0.1) is 18.2 Å². The van der Waals surface area contributed by atoms with Gasteiger partial charge in [-0.05, 0) is 72.3 Å². The lowest BCUT2D eigenvalue weighted by molar-refractivity contribution is 0.0600. The molecule has 0 spiro atoms. The molecule has 0 fully saturated rings. The molecule has 0 unspecified atom stereocenters. The number of methoxy groups -OCH3 is 1. The standard InChI is InChI=1S/C24H17FO5/c1-29-23(27)18-5-2-16(3-6-18)4-15-22(26)17-9-13-21(14-10-17)30-24(28)19-7-11-20(25)12-8-19/h2-15H,1H3/b15-4+. The molecule has 5 nitrogen and oxygen atoms in total. The van der Waals surface area contributed by atoms with Crippen LogP contribution in [0.4, 0.5) is 4.39 Å². The maximum absolute atomic E-state index is 12.9. The molecule has 3 aromatic rings. The van der Waals surface area contributed by atoms with Crippen LogP contribution in [0.1, 0.15) is 36.6 Å². The molecule has 3 rings (SSSR count). The lowest BCUT2D eigenvalue weighted by atomic mass is 10.1. The number of carbonyl (C=O) groups is 3. The molecule has 0 bridgehead atoms. The molecule has 0 atom stereocenters. The van der Waals surface area contributed by atoms with Gasteiger partial charge in [0.1, 0.15) is 11.6 Å². The molecule has 0 aliphatic carbocycles. The minimum atomic E-state index is -0.621. The van der Waals surface area contributed by atoms with Crippen LogP contribution in [0, 0.1) is 5.82 Å². The Kier molecular flexibility index (Phi) is 6.49. The van der Waals surface area contributed by atoms with E-state index in [1.165, 1.54) is 49.6 Å². The number of carbonyl (C=O) groups excluding carboxylic acids is 3. The lowest BCUT2D eigenvalue weighted by Gasteiger charge is -2.05. The Hall–Kier alpha value is -4.06. The Morgan fingerprint density at radius 3 is 1.87 bits per heavy atom. The maximum Gasteiger partial charge on any atom is 0.343 e. The number of halogens is 1. The molecule has 0 aliphatic rings. The third-order valence-corrected chi connectivity index (χ3v) is 4.19. The molecule has 150 valence electrons. The first-order valence-electron chi connectivity index (χ1n) is 8.95. The smallest absolute Gasteiger partial charge is 0.343 e. The van der Waals surface area contributed by atoms with Crippen molar-refractivity contribution < 1.29 is 28.2 Å². The summed E-state index contributed by atoms with van der Waals surface area (Å²) in [4.78, 5) is 35.8. The molecular weight excluding hydrogens is 387 g/mol. The van der Waals surface area contributed by atoms with Gasteiger partial charge in [0.25, 0.3) is 0 Å². The van der Waals surface area contributed by atoms with E-state index in [0.29, 0.717) is 11.1 Å². The first kappa shape index (κ1) is 20.7. The van der Waals surface area contributed by atoms with E-state index in [4.69, 9.17) is 4.74 Å². The van der Waals surface area contributed by atoms with Crippen molar-refractivity contribution in [1.82, 2.24) is 0 Å². The third-order valence-electron chi connectivity index (χ3n) is 4.19. The molecule has 0 amide bonds. The van der Waals surface area contributed by atoms with Gasteiger partial charge in [0.2, 0.25) is 0 Å². The summed E-state index contributed by atoms with van der Waals surface area (Å²) in [7, 11) is 1.31. The van der Waals surface area contributed by atoms with Gasteiger partial charge in [-0.3, -0.25) is 4.79 Å². The van der Waals surface area contributed by atoms with Crippen molar-refractivity contribution in [3.8, 4) is 5.75 Å². The number of ketones is 1. The van der Waals surface area contributed by atoms with Crippen LogP contribution >= 0.6 is 0 Å². The Morgan fingerprint density at radius 2 is 1.27 bits per heavy atom. The molecule has 0 saturated heterocycles. The van der Waals surface area contributed by atoms with E-state index in [1.54, 1.807) is 42.5 Å². The van der Waals surface area contributed by atoms with E-state index in [9.17, 15) is 18.8 Å². The highest BCUT2D eigenvalue weighted by Crippen LogP contribution is 2.16. The minimum Gasteiger partial charge on any atom is -0.465 e. The van der Waals surface area contributed by atoms with E-state index in [1.807, 2.05) is 0 Å². The van der Waals surface area contributed by atoms with Gasteiger partial charge in [-0.15, -0.1) is 0 Å². The van der Waals surface area contributed by atoms with Gasteiger partial charge in [-0.25, -0.2) is 14.0 Å². The number of benzene rings is 3. The van der Waals surface area contributed by atoms with Crippen molar-refractivity contribution in [2.24, 2.45) is 0 Å². The van der Waals surface area contributed by atoms with Gasteiger partial charge in [0, 0.05) is 5.56 Å². The number of ether oxygens (including phenoxy) is 2. The van der Waals surface area contributed by atoms with Crippen molar-refractivity contribution >= 4 is 23.8 Å². The quantitative estimate of drug-likeness (QED) is 0.257. The molecule has 0 heterocycles. The van der Waals surface area contributed by atoms with Gasteiger partial charge in [-0.1, -0.05) is 18.2 Å². The van der Waals surface area contributed by atoms with E-state index in [-0.39, 0.29) is 17.1 Å². The highest BCUT2D eigenvalue weighted by Gasteiger charge is 2.10. The summed E-state index contributed by atoms with van der Waals surface area (Å²) in [6.07, 6.45) is 3.04. The first-order valence-corrected chi connectivity index (χ1v) is 8.95. The predicted molar refractivity (Wildman–Crippen MR) is 109 cm³/mol. The van der Waals surface area contributed by atoms with Gasteiger partial charge in [-0.2, -0.15) is 0 Å². The summed E-state index contributed by atoms with van der Waals surface area (Å²) < 4.78 is 22.8. The molecule has 0 aliphatic heterocycles. The Morgan fingerprint density at radius 1 is 0.733 bits per heavy atom. The highest BCUT2D eigenvalue weighted by atomic mass is 19.1. The van der Waals surface area contributed by atoms with Crippen LogP contribution in [-0.4, -0.2) is 24.8 Å². The number of hydrogen-bond donors (Lipinski definition) is 0. The van der Waals surface area contributed by atoms with Gasteiger partial charge in [0.15, 0.2) is 5.78 Å². The van der Waals surface area contributed by atoms with Crippen LogP contribution in [0.3, 0.4) is 0 Å². The fourth-order valence-corrected chi connectivity index (χ4v) is 2.56. The van der Waals surface area contributed by atoms with Crippen molar-refractivity contribution in [2.45, 2.75) is 0 Å². The van der Waals surface area contributed by atoms with Crippen LogP contribution < -0.4 is 4.74 Å². The van der Waals surface area contributed by atoms with E-state index in [0.717, 1.165) is 5.56 Å². The van der Waals surface area contributed by atoms with Crippen LogP contribution in [0.2, 0.25) is 0 Å². The molecule has 0 radical (unpaired) electrons. The first-order chi connectivity index (χ1) is 14.5. The topological polar surface area (TPSA) is 69.7 Å². The zero-order chi connectivity index (χ0) is 21.5. The van der Waals surface area contributed by atoms with Gasteiger partial charge < -0.3 is 9.47 Å². The SMILES string of the molecule is COC(=O)c1ccc(/C=C/C(=O)c2ccc(OC(=O)c3ccc(F)cc3)cc2)cc1. The maximum atomic E-state index is 12.9. The fraction of sp³-hybridized carbons (Fsp3) is 0.0417. The van der Waals surface area contributed by atoms with E-state index in [2.05, 4.69) is 4.74 Å². The summed E-state index contributed by atoms with van der Waals surface area (Å²) in [5.74, 6) is -1.46. The summed E-state index contributed by atoms with van der Waals surface area (Å²) in [5.41, 5.74) is 1.81. The summed E-state index contributed by atoms with van der Waals surface area (Å²) in [6.45, 7) is 0. The highest BCUT2D eigenvalue weighted by molar-refractivity contribution is 6.07. The van der Waals surface area contributed by atoms with Crippen molar-refractivity contribution in [3.63, 3.8) is 0 Å². The van der Waals surface area contributed by atoms with Gasteiger partial charge >= 0.3 is 11.9 Å². The van der Waals surface area contributed by atoms with Crippen LogP contribution in [0.15, 0.2) is 78.9 Å². The number of hydrogen-bond acceptors (Lipinski definition) is 5. The molecule has 0 saturated carbocycles. The predicted octanol–water partition coefficient (Wildman–Crippen LogP) is 4.73. The molecule has 0 N–H and O–H groups in total. The summed E-state index contributed by atoms with van der Waals surface area (Å²) in [5, 5.41) is 0. The monoisotopic (exact) mass is 404 g/mol.